The van der Waals surface area contributed by atoms with Crippen LogP contribution in [-0.4, -0.2) is 19.6 Å². The molecule has 3 rings (SSSR count). The van der Waals surface area contributed by atoms with Crippen LogP contribution in [0.15, 0.2) is 18.6 Å². The number of pyridine rings is 1. The largest absolute Gasteiger partial charge is 0.390 e. The van der Waals surface area contributed by atoms with Crippen molar-refractivity contribution in [1.82, 2.24) is 14.5 Å². The molecule has 1 fully saturated rings. The standard InChI is InChI=1S/C15H21N3O/c19-10-13-8-15-14(9-16-13)17-11-18(15)7-6-12-4-2-1-3-5-12/h8-9,11-12,19H,1-7,10H2. The van der Waals surface area contributed by atoms with Crippen molar-refractivity contribution in [2.45, 2.75) is 51.7 Å². The summed E-state index contributed by atoms with van der Waals surface area (Å²) < 4.78 is 2.20. The van der Waals surface area contributed by atoms with Gasteiger partial charge in [0.1, 0.15) is 5.52 Å². The van der Waals surface area contributed by atoms with E-state index in [0.717, 1.165) is 23.5 Å². The molecule has 2 aromatic rings. The molecule has 0 spiro atoms. The molecule has 0 aromatic carbocycles. The molecule has 1 saturated carbocycles. The van der Waals surface area contributed by atoms with Crippen LogP contribution in [-0.2, 0) is 13.2 Å². The second-order valence-corrected chi connectivity index (χ2v) is 5.55. The highest BCUT2D eigenvalue weighted by atomic mass is 16.3. The van der Waals surface area contributed by atoms with Crippen LogP contribution in [0.2, 0.25) is 0 Å². The van der Waals surface area contributed by atoms with Crippen LogP contribution in [0.4, 0.5) is 0 Å². The van der Waals surface area contributed by atoms with Gasteiger partial charge in [0.05, 0.1) is 30.3 Å². The van der Waals surface area contributed by atoms with Gasteiger partial charge in [0.2, 0.25) is 0 Å². The lowest BCUT2D eigenvalue weighted by Gasteiger charge is -2.21. The summed E-state index contributed by atoms with van der Waals surface area (Å²) >= 11 is 0. The Hall–Kier alpha value is -1.42. The van der Waals surface area contributed by atoms with Gasteiger partial charge in [-0.2, -0.15) is 0 Å². The van der Waals surface area contributed by atoms with Gasteiger partial charge >= 0.3 is 0 Å². The molecule has 0 bridgehead atoms. The Morgan fingerprint density at radius 1 is 1.21 bits per heavy atom. The van der Waals surface area contributed by atoms with Crippen molar-refractivity contribution in [1.29, 1.82) is 0 Å². The molecule has 0 atom stereocenters. The lowest BCUT2D eigenvalue weighted by molar-refractivity contribution is 0.277. The van der Waals surface area contributed by atoms with Gasteiger partial charge in [-0.3, -0.25) is 4.98 Å². The predicted octanol–water partition coefficient (Wildman–Crippen LogP) is 2.89. The van der Waals surface area contributed by atoms with Gasteiger partial charge in [-0.15, -0.1) is 0 Å². The SMILES string of the molecule is OCc1cc2c(cn1)ncn2CCC1CCCCC1. The van der Waals surface area contributed by atoms with Crippen LogP contribution in [0.5, 0.6) is 0 Å². The van der Waals surface area contributed by atoms with Crippen LogP contribution < -0.4 is 0 Å². The number of aryl methyl sites for hydroxylation is 1. The van der Waals surface area contributed by atoms with Crippen LogP contribution in [0, 0.1) is 5.92 Å². The lowest BCUT2D eigenvalue weighted by atomic mass is 9.87. The molecule has 1 N–H and O–H groups in total. The molecule has 19 heavy (non-hydrogen) atoms. The number of fused-ring (bicyclic) bond motifs is 1. The van der Waals surface area contributed by atoms with Gasteiger partial charge in [-0.25, -0.2) is 4.98 Å². The first-order valence-corrected chi connectivity index (χ1v) is 7.27. The topological polar surface area (TPSA) is 50.9 Å². The minimum absolute atomic E-state index is 0.0102. The summed E-state index contributed by atoms with van der Waals surface area (Å²) in [6.07, 6.45) is 11.9. The first kappa shape index (κ1) is 12.6. The smallest absolute Gasteiger partial charge is 0.107 e. The Balaban J connectivity index is 1.72. The molecule has 0 amide bonds. The normalized spacial score (nSPS) is 17.1. The first-order chi connectivity index (χ1) is 9.36. The molecule has 102 valence electrons. The van der Waals surface area contributed by atoms with Gasteiger partial charge in [0.25, 0.3) is 0 Å². The van der Waals surface area contributed by atoms with Crippen LogP contribution in [0.1, 0.15) is 44.2 Å². The summed E-state index contributed by atoms with van der Waals surface area (Å²) in [5, 5.41) is 9.17. The van der Waals surface area contributed by atoms with Crippen molar-refractivity contribution in [3.05, 3.63) is 24.3 Å². The third kappa shape index (κ3) is 2.78. The van der Waals surface area contributed by atoms with E-state index in [1.807, 2.05) is 12.4 Å². The Bertz CT molecular complexity index is 543. The maximum absolute atomic E-state index is 9.17. The van der Waals surface area contributed by atoms with Gasteiger partial charge < -0.3 is 9.67 Å². The van der Waals surface area contributed by atoms with Crippen molar-refractivity contribution in [2.75, 3.05) is 0 Å². The average Bonchev–Trinajstić information content (AvgIpc) is 2.88. The van der Waals surface area contributed by atoms with Crippen LogP contribution in [0.3, 0.4) is 0 Å². The van der Waals surface area contributed by atoms with E-state index in [2.05, 4.69) is 14.5 Å². The number of nitrogens with zero attached hydrogens (tertiary/aromatic N) is 3. The fourth-order valence-corrected chi connectivity index (χ4v) is 3.06. The maximum atomic E-state index is 9.17. The third-order valence-corrected chi connectivity index (χ3v) is 4.23. The monoisotopic (exact) mass is 259 g/mol. The molecular formula is C15H21N3O. The Morgan fingerprint density at radius 2 is 2.05 bits per heavy atom. The van der Waals surface area contributed by atoms with E-state index in [4.69, 9.17) is 5.11 Å². The number of hydrogen-bond acceptors (Lipinski definition) is 3. The summed E-state index contributed by atoms with van der Waals surface area (Å²) in [6.45, 7) is 1.01. The van der Waals surface area contributed by atoms with E-state index < -0.39 is 0 Å². The van der Waals surface area contributed by atoms with E-state index >= 15 is 0 Å². The molecule has 4 heteroatoms. The molecule has 2 aromatic heterocycles. The fourth-order valence-electron chi connectivity index (χ4n) is 3.06. The number of hydrogen-bond donors (Lipinski definition) is 1. The molecule has 0 aliphatic heterocycles. The van der Waals surface area contributed by atoms with Crippen molar-refractivity contribution in [3.8, 4) is 0 Å². The molecular weight excluding hydrogens is 238 g/mol. The van der Waals surface area contributed by atoms with Crippen molar-refractivity contribution in [3.63, 3.8) is 0 Å². The summed E-state index contributed by atoms with van der Waals surface area (Å²) in [5.74, 6) is 0.880. The van der Waals surface area contributed by atoms with E-state index in [0.29, 0.717) is 5.69 Å². The Labute approximate surface area is 113 Å². The number of aromatic nitrogens is 3. The van der Waals surface area contributed by atoms with Gasteiger partial charge in [0.15, 0.2) is 0 Å². The van der Waals surface area contributed by atoms with Gasteiger partial charge in [0, 0.05) is 6.54 Å². The highest BCUT2D eigenvalue weighted by Crippen LogP contribution is 2.27. The molecule has 2 heterocycles. The van der Waals surface area contributed by atoms with E-state index in [-0.39, 0.29) is 6.61 Å². The van der Waals surface area contributed by atoms with Crippen molar-refractivity contribution >= 4 is 11.0 Å². The summed E-state index contributed by atoms with van der Waals surface area (Å²) in [5.41, 5.74) is 2.72. The zero-order chi connectivity index (χ0) is 13.1. The maximum Gasteiger partial charge on any atom is 0.107 e. The highest BCUT2D eigenvalue weighted by molar-refractivity contribution is 5.74. The van der Waals surface area contributed by atoms with Gasteiger partial charge in [-0.05, 0) is 18.4 Å². The van der Waals surface area contributed by atoms with Crippen LogP contribution >= 0.6 is 0 Å². The van der Waals surface area contributed by atoms with Crippen molar-refractivity contribution < 1.29 is 5.11 Å². The molecule has 0 saturated heterocycles. The predicted molar refractivity (Wildman–Crippen MR) is 74.6 cm³/mol. The zero-order valence-electron chi connectivity index (χ0n) is 11.3. The van der Waals surface area contributed by atoms with Crippen LogP contribution in [0.25, 0.3) is 11.0 Å². The van der Waals surface area contributed by atoms with Gasteiger partial charge in [-0.1, -0.05) is 32.1 Å². The summed E-state index contributed by atoms with van der Waals surface area (Å²) in [7, 11) is 0. The molecule has 0 radical (unpaired) electrons. The minimum Gasteiger partial charge on any atom is -0.390 e. The quantitative estimate of drug-likeness (QED) is 0.918. The third-order valence-electron chi connectivity index (χ3n) is 4.23. The molecule has 4 nitrogen and oxygen atoms in total. The Morgan fingerprint density at radius 3 is 2.84 bits per heavy atom. The Kier molecular flexibility index (Phi) is 3.78. The number of aliphatic hydroxyl groups excluding tert-OH is 1. The zero-order valence-corrected chi connectivity index (χ0v) is 11.3. The second-order valence-electron chi connectivity index (χ2n) is 5.55. The number of aliphatic hydroxyl groups is 1. The van der Waals surface area contributed by atoms with E-state index in [9.17, 15) is 0 Å². The van der Waals surface area contributed by atoms with E-state index in [1.54, 1.807) is 6.20 Å². The average molecular weight is 259 g/mol. The lowest BCUT2D eigenvalue weighted by Crippen LogP contribution is -2.09. The first-order valence-electron chi connectivity index (χ1n) is 7.27. The number of imidazole rings is 1. The summed E-state index contributed by atoms with van der Waals surface area (Å²) in [6, 6.07) is 1.95. The summed E-state index contributed by atoms with van der Waals surface area (Å²) in [4.78, 5) is 8.54. The molecule has 1 aliphatic rings. The van der Waals surface area contributed by atoms with Crippen molar-refractivity contribution in [2.24, 2.45) is 5.92 Å². The fraction of sp³-hybridized carbons (Fsp3) is 0.600. The number of rotatable bonds is 4. The van der Waals surface area contributed by atoms with E-state index in [1.165, 1.54) is 38.5 Å². The highest BCUT2D eigenvalue weighted by Gasteiger charge is 2.14. The minimum atomic E-state index is -0.0102. The molecule has 1 aliphatic carbocycles. The second kappa shape index (κ2) is 5.70. The molecule has 0 unspecified atom stereocenters.